The molecule has 0 aromatic carbocycles. The third kappa shape index (κ3) is 4.40. The van der Waals surface area contributed by atoms with E-state index in [1.165, 1.54) is 4.88 Å². The zero-order valence-electron chi connectivity index (χ0n) is 13.2. The molecule has 1 aliphatic rings. The molecule has 1 fully saturated rings. The maximum atomic E-state index is 11.7. The number of nitrogens with one attached hydrogen (secondary N) is 1. The highest BCUT2D eigenvalue weighted by Gasteiger charge is 2.30. The molecule has 1 unspecified atom stereocenters. The van der Waals surface area contributed by atoms with Gasteiger partial charge in [-0.2, -0.15) is 0 Å². The summed E-state index contributed by atoms with van der Waals surface area (Å²) in [4.78, 5) is 8.01. The molecule has 1 aromatic heterocycles. The quantitative estimate of drug-likeness (QED) is 0.892. The summed E-state index contributed by atoms with van der Waals surface area (Å²) in [5, 5.41) is 4.39. The zero-order chi connectivity index (χ0) is 15.6. The van der Waals surface area contributed by atoms with Gasteiger partial charge in [0.05, 0.1) is 17.2 Å². The van der Waals surface area contributed by atoms with Gasteiger partial charge in [-0.05, 0) is 26.3 Å². The van der Waals surface area contributed by atoms with Gasteiger partial charge in [-0.25, -0.2) is 13.4 Å². The molecule has 0 saturated carbocycles. The van der Waals surface area contributed by atoms with Crippen LogP contribution in [-0.2, 0) is 16.4 Å². The van der Waals surface area contributed by atoms with E-state index in [1.807, 2.05) is 13.8 Å². The van der Waals surface area contributed by atoms with Crippen LogP contribution in [0.4, 0.5) is 5.13 Å². The van der Waals surface area contributed by atoms with Crippen LogP contribution < -0.4 is 10.2 Å². The number of sulfone groups is 1. The summed E-state index contributed by atoms with van der Waals surface area (Å²) < 4.78 is 23.3. The first-order valence-corrected chi connectivity index (χ1v) is 10.1. The van der Waals surface area contributed by atoms with Gasteiger partial charge < -0.3 is 10.2 Å². The van der Waals surface area contributed by atoms with Crippen molar-refractivity contribution in [1.29, 1.82) is 0 Å². The Morgan fingerprint density at radius 2 is 2.19 bits per heavy atom. The van der Waals surface area contributed by atoms with Gasteiger partial charge in [-0.1, -0.05) is 13.8 Å². The second-order valence-corrected chi connectivity index (χ2v) is 9.48. The number of nitrogens with zero attached hydrogens (tertiary/aromatic N) is 2. The Hall–Kier alpha value is -0.660. The lowest BCUT2D eigenvalue weighted by atomic mass is 10.2. The highest BCUT2D eigenvalue weighted by atomic mass is 32.2. The van der Waals surface area contributed by atoms with Crippen LogP contribution in [0.5, 0.6) is 0 Å². The van der Waals surface area contributed by atoms with E-state index in [0.717, 1.165) is 23.9 Å². The molecule has 7 heteroatoms. The molecule has 1 N–H and O–H groups in total. The fourth-order valence-corrected chi connectivity index (χ4v) is 5.17. The molecule has 0 spiro atoms. The standard InChI is InChI=1S/C14H25N3O2S2/c1-10(2)7-15-8-13-12(4)16-14(20-13)17-5-6-21(18,19)9-11(17)3/h10-11,15H,5-9H2,1-4H3. The lowest BCUT2D eigenvalue weighted by molar-refractivity contribution is 0.554. The summed E-state index contributed by atoms with van der Waals surface area (Å²) >= 11 is 1.68. The molecular weight excluding hydrogens is 306 g/mol. The Morgan fingerprint density at radius 3 is 2.81 bits per heavy atom. The van der Waals surface area contributed by atoms with Gasteiger partial charge in [0.2, 0.25) is 0 Å². The van der Waals surface area contributed by atoms with Crippen LogP contribution in [0, 0.1) is 12.8 Å². The number of hydrogen-bond donors (Lipinski definition) is 1. The average molecular weight is 332 g/mol. The van der Waals surface area contributed by atoms with Gasteiger partial charge in [-0.3, -0.25) is 0 Å². The third-order valence-electron chi connectivity index (χ3n) is 3.64. The van der Waals surface area contributed by atoms with Crippen LogP contribution in [0.1, 0.15) is 31.3 Å². The van der Waals surface area contributed by atoms with Crippen LogP contribution in [0.25, 0.3) is 0 Å². The monoisotopic (exact) mass is 331 g/mol. The Kier molecular flexibility index (Phi) is 5.27. The first-order chi connectivity index (χ1) is 9.78. The molecule has 1 saturated heterocycles. The van der Waals surface area contributed by atoms with Gasteiger partial charge in [0.1, 0.15) is 0 Å². The minimum atomic E-state index is -2.88. The summed E-state index contributed by atoms with van der Waals surface area (Å²) in [6.45, 7) is 10.7. The van der Waals surface area contributed by atoms with Crippen LogP contribution in [-0.4, -0.2) is 44.0 Å². The molecule has 0 bridgehead atoms. The number of aromatic nitrogens is 1. The number of anilines is 1. The van der Waals surface area contributed by atoms with E-state index >= 15 is 0 Å². The lowest BCUT2D eigenvalue weighted by Crippen LogP contribution is -2.46. The van der Waals surface area contributed by atoms with E-state index in [4.69, 9.17) is 0 Å². The number of thiazole rings is 1. The van der Waals surface area contributed by atoms with Crippen molar-refractivity contribution in [1.82, 2.24) is 10.3 Å². The summed E-state index contributed by atoms with van der Waals surface area (Å²) in [7, 11) is -2.88. The second kappa shape index (κ2) is 6.62. The lowest BCUT2D eigenvalue weighted by Gasteiger charge is -2.32. The average Bonchev–Trinajstić information content (AvgIpc) is 2.69. The third-order valence-corrected chi connectivity index (χ3v) is 6.62. The second-order valence-electron chi connectivity index (χ2n) is 6.19. The Labute approximate surface area is 131 Å². The Morgan fingerprint density at radius 1 is 1.48 bits per heavy atom. The molecule has 0 amide bonds. The predicted molar refractivity (Wildman–Crippen MR) is 88.9 cm³/mol. The molecule has 21 heavy (non-hydrogen) atoms. The maximum Gasteiger partial charge on any atom is 0.186 e. The van der Waals surface area contributed by atoms with E-state index in [1.54, 1.807) is 11.3 Å². The maximum absolute atomic E-state index is 11.7. The van der Waals surface area contributed by atoms with E-state index < -0.39 is 9.84 Å². The summed E-state index contributed by atoms with van der Waals surface area (Å²) in [5.41, 5.74) is 1.05. The largest absolute Gasteiger partial charge is 0.343 e. The minimum absolute atomic E-state index is 0.00535. The van der Waals surface area contributed by atoms with Crippen LogP contribution in [0.2, 0.25) is 0 Å². The zero-order valence-corrected chi connectivity index (χ0v) is 14.9. The van der Waals surface area contributed by atoms with Crippen molar-refractivity contribution >= 4 is 26.3 Å². The molecule has 2 heterocycles. The van der Waals surface area contributed by atoms with Crippen LogP contribution in [0.3, 0.4) is 0 Å². The SMILES string of the molecule is Cc1nc(N2CCS(=O)(=O)CC2C)sc1CNCC(C)C. The summed E-state index contributed by atoms with van der Waals surface area (Å²) in [5.74, 6) is 1.09. The van der Waals surface area contributed by atoms with Crippen molar-refractivity contribution in [3.05, 3.63) is 10.6 Å². The first kappa shape index (κ1) is 16.7. The first-order valence-electron chi connectivity index (χ1n) is 7.42. The Balaban J connectivity index is 2.04. The van der Waals surface area contributed by atoms with E-state index in [2.05, 4.69) is 29.0 Å². The fourth-order valence-electron chi connectivity index (χ4n) is 2.46. The highest BCUT2D eigenvalue weighted by molar-refractivity contribution is 7.91. The predicted octanol–water partition coefficient (Wildman–Crippen LogP) is 1.82. The van der Waals surface area contributed by atoms with Gasteiger partial charge in [-0.15, -0.1) is 11.3 Å². The molecule has 0 radical (unpaired) electrons. The van der Waals surface area contributed by atoms with Crippen LogP contribution >= 0.6 is 11.3 Å². The fraction of sp³-hybridized carbons (Fsp3) is 0.786. The molecule has 5 nitrogen and oxygen atoms in total. The number of hydrogen-bond acceptors (Lipinski definition) is 6. The molecule has 2 rings (SSSR count). The van der Waals surface area contributed by atoms with E-state index in [9.17, 15) is 8.42 Å². The van der Waals surface area contributed by atoms with Gasteiger partial charge >= 0.3 is 0 Å². The van der Waals surface area contributed by atoms with Crippen molar-refractivity contribution < 1.29 is 8.42 Å². The Bertz CT molecular complexity index is 581. The van der Waals surface area contributed by atoms with Crippen molar-refractivity contribution in [3.63, 3.8) is 0 Å². The topological polar surface area (TPSA) is 62.3 Å². The van der Waals surface area contributed by atoms with Gasteiger partial charge in [0.25, 0.3) is 0 Å². The van der Waals surface area contributed by atoms with Crippen LogP contribution in [0.15, 0.2) is 0 Å². The number of aryl methyl sites for hydroxylation is 1. The van der Waals surface area contributed by atoms with Gasteiger partial charge in [0.15, 0.2) is 15.0 Å². The van der Waals surface area contributed by atoms with Crippen molar-refractivity contribution in [2.24, 2.45) is 5.92 Å². The summed E-state index contributed by atoms with van der Waals surface area (Å²) in [6, 6.07) is 0.00535. The normalized spacial score (nSPS) is 22.0. The van der Waals surface area contributed by atoms with Gasteiger partial charge in [0, 0.05) is 24.0 Å². The highest BCUT2D eigenvalue weighted by Crippen LogP contribution is 2.29. The minimum Gasteiger partial charge on any atom is -0.343 e. The van der Waals surface area contributed by atoms with Crippen molar-refractivity contribution in [2.75, 3.05) is 29.5 Å². The molecule has 120 valence electrons. The molecular formula is C14H25N3O2S2. The summed E-state index contributed by atoms with van der Waals surface area (Å²) in [6.07, 6.45) is 0. The number of rotatable bonds is 5. The smallest absolute Gasteiger partial charge is 0.186 e. The van der Waals surface area contributed by atoms with E-state index in [0.29, 0.717) is 12.5 Å². The van der Waals surface area contributed by atoms with E-state index in [-0.39, 0.29) is 17.5 Å². The molecule has 0 aliphatic carbocycles. The van der Waals surface area contributed by atoms with Crippen molar-refractivity contribution in [2.45, 2.75) is 40.3 Å². The molecule has 1 aliphatic heterocycles. The molecule has 1 atom stereocenters. The van der Waals surface area contributed by atoms with Crippen molar-refractivity contribution in [3.8, 4) is 0 Å². The molecule has 1 aromatic rings.